The van der Waals surface area contributed by atoms with Crippen LogP contribution in [0.5, 0.6) is 0 Å². The fourth-order valence-electron chi connectivity index (χ4n) is 1.12. The molecule has 60 valence electrons. The van der Waals surface area contributed by atoms with Crippen LogP contribution in [-0.2, 0) is 4.79 Å². The summed E-state index contributed by atoms with van der Waals surface area (Å²) < 4.78 is 0. The summed E-state index contributed by atoms with van der Waals surface area (Å²) in [6, 6.07) is 0. The fraction of sp³-hybridized carbons (Fsp3) is 0.143. The van der Waals surface area contributed by atoms with Crippen LogP contribution in [0.3, 0.4) is 0 Å². The number of carbonyl (C=O) groups is 2. The van der Waals surface area contributed by atoms with Crippen LogP contribution in [0.2, 0.25) is 0 Å². The van der Waals surface area contributed by atoms with Crippen molar-refractivity contribution in [1.29, 1.82) is 0 Å². The van der Waals surface area contributed by atoms with Gasteiger partial charge in [0.2, 0.25) is 0 Å². The fourth-order valence-corrected chi connectivity index (χ4v) is 1.12. The van der Waals surface area contributed by atoms with Crippen LogP contribution in [-0.4, -0.2) is 21.7 Å². The second-order valence-electron chi connectivity index (χ2n) is 2.47. The number of rotatable bonds is 0. The van der Waals surface area contributed by atoms with E-state index in [-0.39, 0.29) is 0 Å². The topological polar surface area (TPSA) is 72.0 Å². The number of nitrogens with one attached hydrogen (secondary N) is 1. The van der Waals surface area contributed by atoms with Gasteiger partial charge in [0.1, 0.15) is 12.1 Å². The van der Waals surface area contributed by atoms with Gasteiger partial charge in [-0.2, -0.15) is 0 Å². The van der Waals surface area contributed by atoms with Gasteiger partial charge in [-0.1, -0.05) is 0 Å². The molecule has 0 radical (unpaired) electrons. The van der Waals surface area contributed by atoms with Crippen molar-refractivity contribution in [3.05, 3.63) is 17.6 Å². The molecule has 5 nitrogen and oxygen atoms in total. The Hall–Kier alpha value is -1.78. The standard InChI is InChI=1S/C7H5N3O2/c1-3-4-5(11)7(12)10-6(4)9-2-8-3/h2H,1H3,(H,8,9,10,11,12). The predicted molar refractivity (Wildman–Crippen MR) is 39.7 cm³/mol. The number of ketones is 1. The quantitative estimate of drug-likeness (QED) is 0.543. The molecule has 0 saturated heterocycles. The van der Waals surface area contributed by atoms with E-state index in [1.807, 2.05) is 0 Å². The molecule has 0 bridgehead atoms. The summed E-state index contributed by atoms with van der Waals surface area (Å²) in [6.07, 6.45) is 1.31. The second-order valence-corrected chi connectivity index (χ2v) is 2.47. The largest absolute Gasteiger partial charge is 0.303 e. The molecule has 5 heteroatoms. The van der Waals surface area contributed by atoms with Gasteiger partial charge < -0.3 is 5.32 Å². The van der Waals surface area contributed by atoms with E-state index >= 15 is 0 Å². The lowest BCUT2D eigenvalue weighted by Crippen LogP contribution is -2.13. The van der Waals surface area contributed by atoms with Crippen molar-refractivity contribution in [1.82, 2.24) is 9.97 Å². The van der Waals surface area contributed by atoms with Crippen molar-refractivity contribution in [3.63, 3.8) is 0 Å². The zero-order valence-corrected chi connectivity index (χ0v) is 6.29. The monoisotopic (exact) mass is 163 g/mol. The Kier molecular flexibility index (Phi) is 1.21. The summed E-state index contributed by atoms with van der Waals surface area (Å²) in [5, 5.41) is 2.35. The van der Waals surface area contributed by atoms with E-state index in [9.17, 15) is 9.59 Å². The van der Waals surface area contributed by atoms with Gasteiger partial charge in [0.25, 0.3) is 11.7 Å². The molecule has 0 saturated carbocycles. The van der Waals surface area contributed by atoms with Crippen LogP contribution in [0.15, 0.2) is 6.33 Å². The molecule has 1 aromatic heterocycles. The maximum absolute atomic E-state index is 11.1. The number of aryl methyl sites for hydroxylation is 1. The highest BCUT2D eigenvalue weighted by molar-refractivity contribution is 6.51. The van der Waals surface area contributed by atoms with Gasteiger partial charge >= 0.3 is 0 Å². The number of amides is 1. The first kappa shape index (κ1) is 6.90. The van der Waals surface area contributed by atoms with E-state index in [1.54, 1.807) is 6.92 Å². The highest BCUT2D eigenvalue weighted by atomic mass is 16.2. The van der Waals surface area contributed by atoms with Crippen LogP contribution in [0.4, 0.5) is 5.82 Å². The zero-order valence-electron chi connectivity index (χ0n) is 6.29. The number of nitrogens with zero attached hydrogens (tertiary/aromatic N) is 2. The lowest BCUT2D eigenvalue weighted by Gasteiger charge is -1.95. The first-order chi connectivity index (χ1) is 5.70. The van der Waals surface area contributed by atoms with E-state index in [1.165, 1.54) is 6.33 Å². The molecule has 1 aliphatic heterocycles. The Morgan fingerprint density at radius 3 is 2.75 bits per heavy atom. The van der Waals surface area contributed by atoms with Gasteiger partial charge in [-0.3, -0.25) is 9.59 Å². The molecule has 0 aromatic carbocycles. The smallest absolute Gasteiger partial charge is 0.298 e. The maximum Gasteiger partial charge on any atom is 0.298 e. The minimum atomic E-state index is -0.631. The van der Waals surface area contributed by atoms with Gasteiger partial charge in [-0.05, 0) is 6.92 Å². The lowest BCUT2D eigenvalue weighted by molar-refractivity contribution is -0.112. The van der Waals surface area contributed by atoms with E-state index in [2.05, 4.69) is 15.3 Å². The molecular formula is C7H5N3O2. The predicted octanol–water partition coefficient (Wildman–Crippen LogP) is -0.0802. The van der Waals surface area contributed by atoms with Crippen molar-refractivity contribution in [2.75, 3.05) is 5.32 Å². The number of hydrogen-bond donors (Lipinski definition) is 1. The summed E-state index contributed by atoms with van der Waals surface area (Å²) >= 11 is 0. The molecule has 2 heterocycles. The third kappa shape index (κ3) is 0.730. The summed E-state index contributed by atoms with van der Waals surface area (Å²) in [7, 11) is 0. The van der Waals surface area contributed by atoms with E-state index in [0.29, 0.717) is 17.1 Å². The van der Waals surface area contributed by atoms with Crippen molar-refractivity contribution in [3.8, 4) is 0 Å². The third-order valence-corrected chi connectivity index (χ3v) is 1.70. The van der Waals surface area contributed by atoms with Crippen LogP contribution < -0.4 is 5.32 Å². The van der Waals surface area contributed by atoms with Crippen molar-refractivity contribution in [2.24, 2.45) is 0 Å². The molecule has 1 N–H and O–H groups in total. The van der Waals surface area contributed by atoms with Gasteiger partial charge in [0.15, 0.2) is 0 Å². The molecule has 2 rings (SSSR count). The Morgan fingerprint density at radius 2 is 2.08 bits per heavy atom. The number of anilines is 1. The molecule has 0 aliphatic carbocycles. The Bertz CT molecular complexity index is 386. The van der Waals surface area contributed by atoms with E-state index < -0.39 is 11.7 Å². The Labute approximate surface area is 67.8 Å². The lowest BCUT2D eigenvalue weighted by atomic mass is 10.2. The summed E-state index contributed by atoms with van der Waals surface area (Å²) in [5.74, 6) is -0.866. The van der Waals surface area contributed by atoms with Crippen LogP contribution in [0.1, 0.15) is 16.1 Å². The first-order valence-electron chi connectivity index (χ1n) is 3.37. The average Bonchev–Trinajstić information content (AvgIpc) is 2.29. The molecule has 12 heavy (non-hydrogen) atoms. The van der Waals surface area contributed by atoms with Gasteiger partial charge in [-0.15, -0.1) is 0 Å². The van der Waals surface area contributed by atoms with Crippen LogP contribution in [0, 0.1) is 6.92 Å². The Morgan fingerprint density at radius 1 is 1.33 bits per heavy atom. The minimum Gasteiger partial charge on any atom is -0.303 e. The van der Waals surface area contributed by atoms with Gasteiger partial charge in [-0.25, -0.2) is 9.97 Å². The number of carbonyl (C=O) groups excluding carboxylic acids is 2. The number of Topliss-reactive ketones (excluding diaryl/α,β-unsaturated/α-hetero) is 1. The van der Waals surface area contributed by atoms with Crippen molar-refractivity contribution < 1.29 is 9.59 Å². The zero-order chi connectivity index (χ0) is 8.72. The number of fused-ring (bicyclic) bond motifs is 1. The highest BCUT2D eigenvalue weighted by Crippen LogP contribution is 2.20. The second kappa shape index (κ2) is 2.10. The normalized spacial score (nSPS) is 14.4. The van der Waals surface area contributed by atoms with E-state index in [4.69, 9.17) is 0 Å². The Balaban J connectivity index is 2.70. The molecular weight excluding hydrogens is 158 g/mol. The molecule has 1 amide bonds. The maximum atomic E-state index is 11.1. The van der Waals surface area contributed by atoms with Crippen LogP contribution in [0.25, 0.3) is 0 Å². The number of hydrogen-bond acceptors (Lipinski definition) is 4. The van der Waals surface area contributed by atoms with Crippen LogP contribution >= 0.6 is 0 Å². The molecule has 1 aliphatic rings. The van der Waals surface area contributed by atoms with Gasteiger partial charge in [0, 0.05) is 0 Å². The van der Waals surface area contributed by atoms with Crippen molar-refractivity contribution >= 4 is 17.5 Å². The molecule has 0 fully saturated rings. The first-order valence-corrected chi connectivity index (χ1v) is 3.37. The van der Waals surface area contributed by atoms with Crippen molar-refractivity contribution in [2.45, 2.75) is 6.92 Å². The molecule has 1 aromatic rings. The third-order valence-electron chi connectivity index (χ3n) is 1.70. The SMILES string of the molecule is Cc1ncnc2c1C(=O)C(=O)N2. The van der Waals surface area contributed by atoms with E-state index in [0.717, 1.165) is 0 Å². The summed E-state index contributed by atoms with van der Waals surface area (Å²) in [4.78, 5) is 29.5. The molecule has 0 unspecified atom stereocenters. The van der Waals surface area contributed by atoms with Gasteiger partial charge in [0.05, 0.1) is 11.3 Å². The number of aromatic nitrogens is 2. The molecule has 0 spiro atoms. The summed E-state index contributed by atoms with van der Waals surface area (Å²) in [5.41, 5.74) is 0.825. The minimum absolute atomic E-state index is 0.294. The summed E-state index contributed by atoms with van der Waals surface area (Å²) in [6.45, 7) is 1.67. The molecule has 0 atom stereocenters. The average molecular weight is 163 g/mol. The highest BCUT2D eigenvalue weighted by Gasteiger charge is 2.31.